The van der Waals surface area contributed by atoms with E-state index < -0.39 is 0 Å². The van der Waals surface area contributed by atoms with Crippen molar-refractivity contribution in [3.63, 3.8) is 0 Å². The summed E-state index contributed by atoms with van der Waals surface area (Å²) in [7, 11) is 1.85. The second-order valence-electron chi connectivity index (χ2n) is 5.82. The maximum atomic E-state index is 4.60. The molecule has 2 N–H and O–H groups in total. The molecule has 0 atom stereocenters. The Labute approximate surface area is 130 Å². The second kappa shape index (κ2) is 6.25. The summed E-state index contributed by atoms with van der Waals surface area (Å²) in [5.74, 6) is 2.12. The molecule has 0 radical (unpaired) electrons. The molecule has 21 heavy (non-hydrogen) atoms. The van der Waals surface area contributed by atoms with Crippen LogP contribution in [0, 0.1) is 0 Å². The van der Waals surface area contributed by atoms with Crippen LogP contribution >= 0.6 is 11.8 Å². The predicted molar refractivity (Wildman–Crippen MR) is 89.4 cm³/mol. The van der Waals surface area contributed by atoms with E-state index >= 15 is 0 Å². The Bertz CT molecular complexity index is 479. The minimum atomic E-state index is 0.375. The third kappa shape index (κ3) is 3.17. The van der Waals surface area contributed by atoms with Crippen molar-refractivity contribution >= 4 is 29.6 Å². The van der Waals surface area contributed by atoms with Gasteiger partial charge in [0.15, 0.2) is 0 Å². The third-order valence-corrected chi connectivity index (χ3v) is 5.92. The van der Waals surface area contributed by atoms with E-state index in [0.717, 1.165) is 25.6 Å². The molecule has 3 rings (SSSR count). The Hall–Kier alpha value is -1.24. The van der Waals surface area contributed by atoms with Crippen molar-refractivity contribution in [2.24, 2.45) is 0 Å². The third-order valence-electron chi connectivity index (χ3n) is 4.50. The van der Waals surface area contributed by atoms with Crippen molar-refractivity contribution in [3.8, 4) is 0 Å². The molecule has 2 aliphatic rings. The number of anilines is 3. The van der Waals surface area contributed by atoms with E-state index in [1.807, 2.05) is 18.8 Å². The normalized spacial score (nSPS) is 20.2. The summed E-state index contributed by atoms with van der Waals surface area (Å²) in [6.45, 7) is 3.02. The first-order valence-corrected chi connectivity index (χ1v) is 8.95. The van der Waals surface area contributed by atoms with Gasteiger partial charge in [0.1, 0.15) is 0 Å². The summed E-state index contributed by atoms with van der Waals surface area (Å²) < 4.78 is 0.375. The molecule has 0 aromatic carbocycles. The molecule has 7 heteroatoms. The molecule has 0 unspecified atom stereocenters. The number of hydrogen-bond acceptors (Lipinski definition) is 7. The number of nitrogens with zero attached hydrogens (tertiary/aromatic N) is 4. The van der Waals surface area contributed by atoms with Crippen molar-refractivity contribution in [1.82, 2.24) is 15.0 Å². The number of rotatable bonds is 6. The highest BCUT2D eigenvalue weighted by molar-refractivity contribution is 8.00. The van der Waals surface area contributed by atoms with Crippen LogP contribution in [0.3, 0.4) is 0 Å². The zero-order valence-corrected chi connectivity index (χ0v) is 13.7. The highest BCUT2D eigenvalue weighted by atomic mass is 32.2. The van der Waals surface area contributed by atoms with E-state index in [-0.39, 0.29) is 0 Å². The van der Waals surface area contributed by atoms with Crippen molar-refractivity contribution in [3.05, 3.63) is 0 Å². The van der Waals surface area contributed by atoms with Gasteiger partial charge in [0, 0.05) is 31.4 Å². The Morgan fingerprint density at radius 1 is 1.10 bits per heavy atom. The maximum absolute atomic E-state index is 4.60. The average Bonchev–Trinajstić information content (AvgIpc) is 3.00. The molecule has 2 heterocycles. The highest BCUT2D eigenvalue weighted by Gasteiger charge is 2.36. The SMILES string of the molecule is CNc1nc(NCC2(SC)CCC2)nc(N2CCCC2)n1. The van der Waals surface area contributed by atoms with Crippen molar-refractivity contribution in [1.29, 1.82) is 0 Å². The van der Waals surface area contributed by atoms with Crippen molar-refractivity contribution in [2.45, 2.75) is 36.9 Å². The lowest BCUT2D eigenvalue weighted by Crippen LogP contribution is -2.40. The van der Waals surface area contributed by atoms with E-state index in [1.54, 1.807) is 0 Å². The van der Waals surface area contributed by atoms with Crippen molar-refractivity contribution < 1.29 is 0 Å². The highest BCUT2D eigenvalue weighted by Crippen LogP contribution is 2.42. The summed E-state index contributed by atoms with van der Waals surface area (Å²) in [6, 6.07) is 0. The molecule has 0 bridgehead atoms. The second-order valence-corrected chi connectivity index (χ2v) is 7.10. The van der Waals surface area contributed by atoms with Gasteiger partial charge in [0.2, 0.25) is 17.8 Å². The van der Waals surface area contributed by atoms with E-state index in [9.17, 15) is 0 Å². The van der Waals surface area contributed by atoms with Crippen LogP contribution in [-0.2, 0) is 0 Å². The van der Waals surface area contributed by atoms with E-state index in [1.165, 1.54) is 32.1 Å². The van der Waals surface area contributed by atoms with Crippen LogP contribution in [0.15, 0.2) is 0 Å². The lowest BCUT2D eigenvalue weighted by Gasteiger charge is -2.40. The molecule has 116 valence electrons. The average molecular weight is 308 g/mol. The molecule has 6 nitrogen and oxygen atoms in total. The number of nitrogens with one attached hydrogen (secondary N) is 2. The maximum Gasteiger partial charge on any atom is 0.231 e. The van der Waals surface area contributed by atoms with Gasteiger partial charge < -0.3 is 15.5 Å². The van der Waals surface area contributed by atoms with Gasteiger partial charge in [-0.1, -0.05) is 6.42 Å². The van der Waals surface area contributed by atoms with Gasteiger partial charge in [-0.25, -0.2) is 0 Å². The van der Waals surface area contributed by atoms with Crippen LogP contribution in [0.1, 0.15) is 32.1 Å². The van der Waals surface area contributed by atoms with Crippen LogP contribution in [0.25, 0.3) is 0 Å². The summed E-state index contributed by atoms with van der Waals surface area (Å²) in [5, 5.41) is 6.46. The fourth-order valence-corrected chi connectivity index (χ4v) is 3.79. The van der Waals surface area contributed by atoms with E-state index in [0.29, 0.717) is 16.6 Å². The Balaban J connectivity index is 1.72. The fraction of sp³-hybridized carbons (Fsp3) is 0.786. The summed E-state index contributed by atoms with van der Waals surface area (Å²) in [4.78, 5) is 15.8. The number of hydrogen-bond donors (Lipinski definition) is 2. The number of thioether (sulfide) groups is 1. The van der Waals surface area contributed by atoms with Gasteiger partial charge in [-0.3, -0.25) is 0 Å². The van der Waals surface area contributed by atoms with Crippen LogP contribution in [-0.4, -0.2) is 52.6 Å². The lowest BCUT2D eigenvalue weighted by molar-refractivity contribution is 0.379. The van der Waals surface area contributed by atoms with Gasteiger partial charge in [0.25, 0.3) is 0 Å². The Kier molecular flexibility index (Phi) is 4.37. The summed E-state index contributed by atoms with van der Waals surface area (Å²) >= 11 is 1.96. The number of aromatic nitrogens is 3. The zero-order chi connectivity index (χ0) is 14.7. The Morgan fingerprint density at radius 2 is 1.81 bits per heavy atom. The Morgan fingerprint density at radius 3 is 2.38 bits per heavy atom. The smallest absolute Gasteiger partial charge is 0.231 e. The standard InChI is InChI=1S/C14H24N6S/c1-15-11-17-12(16-10-14(21-2)6-5-7-14)19-13(18-11)20-8-3-4-9-20/h3-10H2,1-2H3,(H2,15,16,17,18,19). The van der Waals surface area contributed by atoms with Gasteiger partial charge in [-0.05, 0) is 31.9 Å². The first-order chi connectivity index (χ1) is 10.2. The minimum absolute atomic E-state index is 0.375. The molecule has 0 spiro atoms. The molecule has 0 amide bonds. The molecule has 1 saturated carbocycles. The molecule has 1 aromatic rings. The zero-order valence-electron chi connectivity index (χ0n) is 12.9. The summed E-state index contributed by atoms with van der Waals surface area (Å²) in [6.07, 6.45) is 8.54. The van der Waals surface area contributed by atoms with Gasteiger partial charge >= 0.3 is 0 Å². The lowest BCUT2D eigenvalue weighted by atomic mass is 9.84. The quantitative estimate of drug-likeness (QED) is 0.835. The van der Waals surface area contributed by atoms with E-state index in [4.69, 9.17) is 0 Å². The summed E-state index contributed by atoms with van der Waals surface area (Å²) in [5.41, 5.74) is 0. The van der Waals surface area contributed by atoms with E-state index in [2.05, 4.69) is 36.7 Å². The molecule has 1 saturated heterocycles. The van der Waals surface area contributed by atoms with Gasteiger partial charge in [-0.15, -0.1) is 0 Å². The topological polar surface area (TPSA) is 66.0 Å². The predicted octanol–water partition coefficient (Wildman–Crippen LogP) is 2.21. The molecular weight excluding hydrogens is 284 g/mol. The first-order valence-electron chi connectivity index (χ1n) is 7.72. The van der Waals surface area contributed by atoms with Crippen LogP contribution in [0.2, 0.25) is 0 Å². The minimum Gasteiger partial charge on any atom is -0.357 e. The van der Waals surface area contributed by atoms with Crippen LogP contribution < -0.4 is 15.5 Å². The molecule has 1 aromatic heterocycles. The largest absolute Gasteiger partial charge is 0.357 e. The monoisotopic (exact) mass is 308 g/mol. The van der Waals surface area contributed by atoms with Crippen LogP contribution in [0.4, 0.5) is 17.8 Å². The molecule has 1 aliphatic heterocycles. The van der Waals surface area contributed by atoms with Crippen LogP contribution in [0.5, 0.6) is 0 Å². The van der Waals surface area contributed by atoms with Gasteiger partial charge in [-0.2, -0.15) is 26.7 Å². The molecule has 1 aliphatic carbocycles. The van der Waals surface area contributed by atoms with Crippen molar-refractivity contribution in [2.75, 3.05) is 48.5 Å². The molecule has 2 fully saturated rings. The van der Waals surface area contributed by atoms with Gasteiger partial charge in [0.05, 0.1) is 0 Å². The molecular formula is C14H24N6S. The fourth-order valence-electron chi connectivity index (χ4n) is 2.88. The first kappa shape index (κ1) is 14.7.